The number of nitrogens with two attached hydrogens (primary N) is 1. The number of hydrogen-bond donors (Lipinski definition) is 2. The molecule has 0 aliphatic carbocycles. The zero-order valence-corrected chi connectivity index (χ0v) is 21.6. The van der Waals surface area contributed by atoms with Crippen molar-refractivity contribution in [3.8, 4) is 17.0 Å². The van der Waals surface area contributed by atoms with E-state index >= 15 is 0 Å². The molecule has 2 aromatic heterocycles. The number of aromatic nitrogens is 2. The van der Waals surface area contributed by atoms with Crippen LogP contribution in [0.1, 0.15) is 48.3 Å². The number of pyridine rings is 2. The van der Waals surface area contributed by atoms with Crippen molar-refractivity contribution in [2.24, 2.45) is 5.73 Å². The second kappa shape index (κ2) is 9.45. The monoisotopic (exact) mass is 533 g/mol. The molecule has 3 heterocycles. The normalized spacial score (nSPS) is 18.0. The van der Waals surface area contributed by atoms with E-state index in [9.17, 15) is 19.1 Å². The molecule has 38 heavy (non-hydrogen) atoms. The molecular weight excluding hydrogens is 509 g/mol. The Morgan fingerprint density at radius 3 is 2.66 bits per heavy atom. The van der Waals surface area contributed by atoms with Gasteiger partial charge in [-0.15, -0.1) is 0 Å². The molecule has 2 aromatic carbocycles. The van der Waals surface area contributed by atoms with Gasteiger partial charge in [0.1, 0.15) is 34.9 Å². The van der Waals surface area contributed by atoms with Crippen LogP contribution in [-0.4, -0.2) is 33.4 Å². The summed E-state index contributed by atoms with van der Waals surface area (Å²) in [6, 6.07) is 14.2. The maximum atomic E-state index is 13.6. The highest BCUT2D eigenvalue weighted by Gasteiger charge is 2.45. The number of nitrogens with zero attached hydrogens (tertiary/aromatic N) is 2. The highest BCUT2D eigenvalue weighted by atomic mass is 35.5. The highest BCUT2D eigenvalue weighted by Crippen LogP contribution is 2.46. The SMILES string of the molecule is C[C@](O)(CCC(=O)c1cc2cccnc2cc1Cl)c1cc2c(c(-c3ccc(F)cc3)n1)OC[C@]2(C)C(N)=O. The number of carbonyl (C=O) groups excluding carboxylic acids is 2. The summed E-state index contributed by atoms with van der Waals surface area (Å²) in [5.74, 6) is -0.900. The van der Waals surface area contributed by atoms with Crippen molar-refractivity contribution in [1.29, 1.82) is 0 Å². The predicted octanol–water partition coefficient (Wildman–Crippen LogP) is 5.10. The highest BCUT2D eigenvalue weighted by molar-refractivity contribution is 6.34. The molecule has 9 heteroatoms. The van der Waals surface area contributed by atoms with Crippen LogP contribution in [0.2, 0.25) is 5.02 Å². The first-order valence-corrected chi connectivity index (χ1v) is 12.4. The molecule has 0 bridgehead atoms. The van der Waals surface area contributed by atoms with Crippen LogP contribution in [0.25, 0.3) is 22.2 Å². The summed E-state index contributed by atoms with van der Waals surface area (Å²) in [7, 11) is 0. The molecule has 1 aliphatic heterocycles. The van der Waals surface area contributed by atoms with Crippen molar-refractivity contribution in [3.05, 3.63) is 88.5 Å². The molecule has 0 saturated heterocycles. The van der Waals surface area contributed by atoms with Crippen molar-refractivity contribution < 1.29 is 23.8 Å². The van der Waals surface area contributed by atoms with Crippen LogP contribution in [-0.2, 0) is 15.8 Å². The minimum atomic E-state index is -1.56. The molecule has 4 aromatic rings. The molecule has 1 amide bonds. The Balaban J connectivity index is 1.50. The number of Topliss-reactive ketones (excluding diaryl/α,β-unsaturated/α-hetero) is 1. The lowest BCUT2D eigenvalue weighted by atomic mass is 9.81. The van der Waals surface area contributed by atoms with E-state index in [1.165, 1.54) is 12.1 Å². The molecule has 1 aliphatic rings. The summed E-state index contributed by atoms with van der Waals surface area (Å²) in [6.45, 7) is 3.22. The lowest BCUT2D eigenvalue weighted by molar-refractivity contribution is -0.123. The number of halogens is 2. The number of amides is 1. The van der Waals surface area contributed by atoms with Gasteiger partial charge in [-0.05, 0) is 68.8 Å². The summed E-state index contributed by atoms with van der Waals surface area (Å²) in [5.41, 5.74) is 5.62. The molecule has 0 fully saturated rings. The summed E-state index contributed by atoms with van der Waals surface area (Å²) < 4.78 is 19.5. The topological polar surface area (TPSA) is 115 Å². The van der Waals surface area contributed by atoms with Gasteiger partial charge in [0.25, 0.3) is 0 Å². The number of ketones is 1. The molecule has 7 nitrogen and oxygen atoms in total. The largest absolute Gasteiger partial charge is 0.489 e. The lowest BCUT2D eigenvalue weighted by Gasteiger charge is -2.26. The van der Waals surface area contributed by atoms with Crippen LogP contribution in [0.3, 0.4) is 0 Å². The van der Waals surface area contributed by atoms with Gasteiger partial charge in [-0.2, -0.15) is 0 Å². The van der Waals surface area contributed by atoms with E-state index in [0.717, 1.165) is 5.39 Å². The smallest absolute Gasteiger partial charge is 0.231 e. The second-order valence-corrected chi connectivity index (χ2v) is 10.4. The van der Waals surface area contributed by atoms with Gasteiger partial charge in [0, 0.05) is 34.7 Å². The summed E-state index contributed by atoms with van der Waals surface area (Å²) >= 11 is 6.37. The molecule has 5 rings (SSSR count). The first-order chi connectivity index (χ1) is 18.0. The number of hydrogen-bond acceptors (Lipinski definition) is 6. The number of fused-ring (bicyclic) bond motifs is 2. The van der Waals surface area contributed by atoms with Crippen molar-refractivity contribution in [1.82, 2.24) is 9.97 Å². The van der Waals surface area contributed by atoms with Gasteiger partial charge in [0.15, 0.2) is 5.78 Å². The molecular formula is C29H25ClFN3O4. The minimum absolute atomic E-state index is 0.00689. The minimum Gasteiger partial charge on any atom is -0.489 e. The van der Waals surface area contributed by atoms with Crippen molar-refractivity contribution >= 4 is 34.2 Å². The zero-order valence-electron chi connectivity index (χ0n) is 20.8. The van der Waals surface area contributed by atoms with E-state index < -0.39 is 22.7 Å². The Morgan fingerprint density at radius 1 is 1.21 bits per heavy atom. The summed E-state index contributed by atoms with van der Waals surface area (Å²) in [6.07, 6.45) is 1.65. The standard InChI is InChI=1S/C29H25ClFN3O4/c1-28(27(32)36)15-38-26-20(28)13-24(34-25(26)16-5-7-18(31)8-6-16)29(2,37)10-9-23(35)19-12-17-4-3-11-33-22(17)14-21(19)30/h3-8,11-14,37H,9-10,15H2,1-2H3,(H2,32,36)/t28-,29-/m0/s1. The van der Waals surface area contributed by atoms with Crippen LogP contribution >= 0.6 is 11.6 Å². The first kappa shape index (κ1) is 25.8. The van der Waals surface area contributed by atoms with E-state index in [-0.39, 0.29) is 35.9 Å². The maximum Gasteiger partial charge on any atom is 0.231 e. The fourth-order valence-corrected chi connectivity index (χ4v) is 4.86. The lowest BCUT2D eigenvalue weighted by Crippen LogP contribution is -2.40. The van der Waals surface area contributed by atoms with Crippen LogP contribution in [0, 0.1) is 5.82 Å². The van der Waals surface area contributed by atoms with Gasteiger partial charge in [-0.3, -0.25) is 14.6 Å². The Kier molecular flexibility index (Phi) is 6.41. The van der Waals surface area contributed by atoms with Crippen LogP contribution in [0.4, 0.5) is 4.39 Å². The van der Waals surface area contributed by atoms with Gasteiger partial charge in [0.2, 0.25) is 5.91 Å². The number of aliphatic hydroxyl groups is 1. The molecule has 0 radical (unpaired) electrons. The Labute approximate surface area is 223 Å². The first-order valence-electron chi connectivity index (χ1n) is 12.0. The molecule has 2 atom stereocenters. The molecule has 0 unspecified atom stereocenters. The average Bonchev–Trinajstić information content (AvgIpc) is 3.25. The van der Waals surface area contributed by atoms with Gasteiger partial charge in [-0.25, -0.2) is 9.37 Å². The molecule has 0 saturated carbocycles. The Hall–Kier alpha value is -3.88. The Morgan fingerprint density at radius 2 is 1.95 bits per heavy atom. The number of ether oxygens (including phenoxy) is 1. The average molecular weight is 534 g/mol. The molecule has 194 valence electrons. The third-order valence-corrected chi connectivity index (χ3v) is 7.43. The third-order valence-electron chi connectivity index (χ3n) is 7.12. The fourth-order valence-electron chi connectivity index (χ4n) is 4.59. The van der Waals surface area contributed by atoms with Crippen LogP contribution in [0.15, 0.2) is 60.8 Å². The van der Waals surface area contributed by atoms with Gasteiger partial charge in [-0.1, -0.05) is 17.7 Å². The third kappa shape index (κ3) is 4.50. The number of benzene rings is 2. The summed E-state index contributed by atoms with van der Waals surface area (Å²) in [4.78, 5) is 34.4. The molecule has 3 N–H and O–H groups in total. The van der Waals surface area contributed by atoms with Gasteiger partial charge < -0.3 is 15.6 Å². The van der Waals surface area contributed by atoms with E-state index in [1.807, 2.05) is 6.07 Å². The quantitative estimate of drug-likeness (QED) is 0.319. The summed E-state index contributed by atoms with van der Waals surface area (Å²) in [5, 5.41) is 12.6. The van der Waals surface area contributed by atoms with Crippen LogP contribution in [0.5, 0.6) is 5.75 Å². The second-order valence-electron chi connectivity index (χ2n) is 9.95. The predicted molar refractivity (Wildman–Crippen MR) is 142 cm³/mol. The fraction of sp³-hybridized carbons (Fsp3) is 0.241. The van der Waals surface area contributed by atoms with Crippen molar-refractivity contribution in [3.63, 3.8) is 0 Å². The van der Waals surface area contributed by atoms with Gasteiger partial charge in [0.05, 0.1) is 16.2 Å². The number of primary amides is 1. The molecule has 0 spiro atoms. The maximum absolute atomic E-state index is 13.6. The van der Waals surface area contributed by atoms with Crippen molar-refractivity contribution in [2.75, 3.05) is 6.61 Å². The van der Waals surface area contributed by atoms with Crippen molar-refractivity contribution in [2.45, 2.75) is 37.7 Å². The number of rotatable bonds is 7. The zero-order chi connectivity index (χ0) is 27.2. The van der Waals surface area contributed by atoms with E-state index in [4.69, 9.17) is 22.1 Å². The number of carbonyl (C=O) groups is 2. The van der Waals surface area contributed by atoms with E-state index in [1.54, 1.807) is 56.4 Å². The van der Waals surface area contributed by atoms with E-state index in [0.29, 0.717) is 33.7 Å². The Bertz CT molecular complexity index is 1590. The van der Waals surface area contributed by atoms with E-state index in [2.05, 4.69) is 9.97 Å². The van der Waals surface area contributed by atoms with Gasteiger partial charge >= 0.3 is 0 Å². The van der Waals surface area contributed by atoms with Crippen LogP contribution < -0.4 is 10.5 Å².